The summed E-state index contributed by atoms with van der Waals surface area (Å²) in [4.78, 5) is 28.7. The van der Waals surface area contributed by atoms with Crippen LogP contribution in [0.25, 0.3) is 15.9 Å². The minimum absolute atomic E-state index is 0.00917. The van der Waals surface area contributed by atoms with Crippen LogP contribution in [-0.4, -0.2) is 57.4 Å². The number of anilines is 1. The van der Waals surface area contributed by atoms with Crippen molar-refractivity contribution in [2.24, 2.45) is 0 Å². The molecule has 3 aromatic rings. The van der Waals surface area contributed by atoms with Crippen LogP contribution in [0.1, 0.15) is 56.2 Å². The van der Waals surface area contributed by atoms with Crippen molar-refractivity contribution in [1.29, 1.82) is 0 Å². The Morgan fingerprint density at radius 2 is 1.98 bits per heavy atom. The molecule has 6 heterocycles. The quantitative estimate of drug-likeness (QED) is 0.377. The second-order valence-electron chi connectivity index (χ2n) is 11.8. The number of aromatic nitrogens is 3. The summed E-state index contributed by atoms with van der Waals surface area (Å²) in [6, 6.07) is 7.27. The predicted octanol–water partition coefficient (Wildman–Crippen LogP) is 4.13. The lowest BCUT2D eigenvalue weighted by Gasteiger charge is -2.53. The lowest BCUT2D eigenvalue weighted by molar-refractivity contribution is -0.165. The number of hydrogen-bond acceptors (Lipinski definition) is 8. The maximum Gasteiger partial charge on any atom is 0.266 e. The molecule has 4 fully saturated rings. The van der Waals surface area contributed by atoms with Crippen molar-refractivity contribution in [3.05, 3.63) is 59.0 Å². The Morgan fingerprint density at radius 3 is 2.73 bits per heavy atom. The number of carbonyl (C=O) groups excluding carboxylic acids is 1. The first-order valence-corrected chi connectivity index (χ1v) is 14.2. The van der Waals surface area contributed by atoms with Gasteiger partial charge in [0.15, 0.2) is 24.8 Å². The van der Waals surface area contributed by atoms with Crippen LogP contribution in [0.4, 0.5) is 10.2 Å². The van der Waals surface area contributed by atoms with Gasteiger partial charge in [0.05, 0.1) is 35.1 Å². The maximum absolute atomic E-state index is 15.1. The molecule has 0 aromatic carbocycles. The van der Waals surface area contributed by atoms with E-state index < -0.39 is 5.54 Å². The van der Waals surface area contributed by atoms with Gasteiger partial charge in [-0.3, -0.25) is 9.78 Å². The molecule has 2 N–H and O–H groups in total. The fourth-order valence-electron chi connectivity index (χ4n) is 6.08. The average molecular weight is 559 g/mol. The zero-order chi connectivity index (χ0) is 28.1. The largest absolute Gasteiger partial charge is 0.480 e. The minimum Gasteiger partial charge on any atom is -0.480 e. The Labute approximate surface area is 236 Å². The molecule has 0 radical (unpaired) electrons. The van der Waals surface area contributed by atoms with E-state index in [1.54, 1.807) is 12.1 Å². The zero-order valence-corrected chi connectivity index (χ0v) is 22.7. The highest BCUT2D eigenvalue weighted by Crippen LogP contribution is 2.46. The molecule has 3 aliphatic heterocycles. The number of ether oxygens (including phenoxy) is 3. The first kappa shape index (κ1) is 26.0. The second kappa shape index (κ2) is 9.89. The number of nitrogens with one attached hydrogen (secondary N) is 2. The number of carbonyl (C=O) groups is 1. The molecule has 11 heteroatoms. The highest BCUT2D eigenvalue weighted by atomic mass is 19.1. The number of rotatable bonds is 9. The molecule has 2 saturated carbocycles. The lowest BCUT2D eigenvalue weighted by Crippen LogP contribution is -2.61. The molecule has 0 atom stereocenters. The Bertz CT molecular complexity index is 1540. The number of nitrogens with zero attached hydrogens (tertiary/aromatic N) is 4. The van der Waals surface area contributed by atoms with E-state index in [1.165, 1.54) is 6.20 Å². The van der Waals surface area contributed by atoms with Gasteiger partial charge in [0.1, 0.15) is 5.82 Å². The van der Waals surface area contributed by atoms with Crippen LogP contribution in [0.3, 0.4) is 0 Å². The molecule has 2 saturated heterocycles. The molecule has 3 aromatic heterocycles. The summed E-state index contributed by atoms with van der Waals surface area (Å²) in [5, 5.41) is 6.42. The minimum atomic E-state index is -0.425. The number of amides is 1. The number of fused-ring (bicyclic) bond motifs is 5. The van der Waals surface area contributed by atoms with Crippen LogP contribution >= 0.6 is 0 Å². The van der Waals surface area contributed by atoms with Crippen molar-refractivity contribution in [3.63, 3.8) is 0 Å². The topological polar surface area (TPSA) is 112 Å². The SMILES string of the molecule is [C-]#[N+]C1(COc2ccc3ncc(F)c(CCC45CCC(NCc6ccc7c(n6)NC(=O)CO7)(CC4)CO5)c3n2)CC1. The van der Waals surface area contributed by atoms with Crippen LogP contribution in [-0.2, 0) is 22.5 Å². The summed E-state index contributed by atoms with van der Waals surface area (Å²) >= 11 is 0. The summed E-state index contributed by atoms with van der Waals surface area (Å²) in [6.07, 6.45) is 7.79. The van der Waals surface area contributed by atoms with E-state index in [9.17, 15) is 4.79 Å². The van der Waals surface area contributed by atoms with Gasteiger partial charge < -0.3 is 29.7 Å². The van der Waals surface area contributed by atoms with Crippen LogP contribution in [0, 0.1) is 12.4 Å². The molecular weight excluding hydrogens is 527 g/mol. The maximum atomic E-state index is 15.1. The van der Waals surface area contributed by atoms with Gasteiger partial charge in [0.2, 0.25) is 5.88 Å². The van der Waals surface area contributed by atoms with Crippen LogP contribution in [0.15, 0.2) is 30.5 Å². The third-order valence-electron chi connectivity index (χ3n) is 9.07. The van der Waals surface area contributed by atoms with E-state index in [4.69, 9.17) is 20.8 Å². The smallest absolute Gasteiger partial charge is 0.266 e. The fourth-order valence-corrected chi connectivity index (χ4v) is 6.08. The summed E-state index contributed by atoms with van der Waals surface area (Å²) < 4.78 is 32.8. The second-order valence-corrected chi connectivity index (χ2v) is 11.8. The summed E-state index contributed by atoms with van der Waals surface area (Å²) in [6.45, 7) is 8.80. The van der Waals surface area contributed by atoms with E-state index in [2.05, 4.69) is 30.4 Å². The predicted molar refractivity (Wildman–Crippen MR) is 147 cm³/mol. The average Bonchev–Trinajstić information content (AvgIpc) is 3.80. The van der Waals surface area contributed by atoms with Crippen molar-refractivity contribution < 1.29 is 23.4 Å². The fraction of sp³-hybridized carbons (Fsp3) is 0.500. The molecule has 1 amide bonds. The molecule has 41 heavy (non-hydrogen) atoms. The van der Waals surface area contributed by atoms with Crippen molar-refractivity contribution in [2.75, 3.05) is 25.1 Å². The van der Waals surface area contributed by atoms with Crippen molar-refractivity contribution in [1.82, 2.24) is 20.3 Å². The summed E-state index contributed by atoms with van der Waals surface area (Å²) in [5.41, 5.74) is 1.63. The third kappa shape index (κ3) is 5.06. The van der Waals surface area contributed by atoms with Gasteiger partial charge in [-0.2, -0.15) is 0 Å². The number of halogens is 1. The monoisotopic (exact) mass is 558 g/mol. The molecule has 0 unspecified atom stereocenters. The van der Waals surface area contributed by atoms with Gasteiger partial charge >= 0.3 is 0 Å². The van der Waals surface area contributed by atoms with Gasteiger partial charge in [0.25, 0.3) is 11.4 Å². The molecule has 2 bridgehead atoms. The van der Waals surface area contributed by atoms with E-state index in [1.807, 2.05) is 12.1 Å². The van der Waals surface area contributed by atoms with Crippen molar-refractivity contribution in [3.8, 4) is 11.6 Å². The Morgan fingerprint density at radius 1 is 1.12 bits per heavy atom. The highest BCUT2D eigenvalue weighted by Gasteiger charge is 2.52. The van der Waals surface area contributed by atoms with E-state index in [0.29, 0.717) is 66.6 Å². The van der Waals surface area contributed by atoms with Crippen LogP contribution in [0.2, 0.25) is 0 Å². The molecular formula is C30H31FN6O4. The van der Waals surface area contributed by atoms with Gasteiger partial charge in [0, 0.05) is 36.6 Å². The van der Waals surface area contributed by atoms with Crippen molar-refractivity contribution >= 4 is 22.8 Å². The zero-order valence-electron chi connectivity index (χ0n) is 22.7. The molecule has 8 rings (SSSR count). The summed E-state index contributed by atoms with van der Waals surface area (Å²) in [7, 11) is 0. The number of hydrogen-bond donors (Lipinski definition) is 2. The summed E-state index contributed by atoms with van der Waals surface area (Å²) in [5.74, 6) is 0.856. The lowest BCUT2D eigenvalue weighted by atomic mass is 9.69. The van der Waals surface area contributed by atoms with Gasteiger partial charge in [-0.1, -0.05) is 0 Å². The Kier molecular flexibility index (Phi) is 6.28. The third-order valence-corrected chi connectivity index (χ3v) is 9.07. The molecule has 2 aliphatic carbocycles. The first-order valence-electron chi connectivity index (χ1n) is 14.2. The number of pyridine rings is 3. The molecule has 5 aliphatic rings. The van der Waals surface area contributed by atoms with Gasteiger partial charge in [-0.15, -0.1) is 0 Å². The van der Waals surface area contributed by atoms with E-state index in [-0.39, 0.29) is 29.5 Å². The molecule has 212 valence electrons. The van der Waals surface area contributed by atoms with Crippen LogP contribution < -0.4 is 20.1 Å². The van der Waals surface area contributed by atoms with E-state index >= 15 is 4.39 Å². The standard InChI is InChI=1S/C30H31FN6O4/c1-32-28(8-9-28)17-40-25-5-3-22-26(37-25)20(21(31)15-33-22)6-7-30-12-10-29(11-13-30,18-41-30)34-14-19-2-4-23-27(35-19)36-24(38)16-39-23/h2-5,15,34H,6-14,16-18H2,(H,35,36,38). The normalized spacial score (nSPS) is 25.6. The van der Waals surface area contributed by atoms with Gasteiger partial charge in [-0.05, 0) is 56.7 Å². The van der Waals surface area contributed by atoms with Crippen molar-refractivity contribution in [2.45, 2.75) is 74.6 Å². The van der Waals surface area contributed by atoms with Crippen LogP contribution in [0.5, 0.6) is 11.6 Å². The molecule has 10 nitrogen and oxygen atoms in total. The Balaban J connectivity index is 0.990. The highest BCUT2D eigenvalue weighted by molar-refractivity contribution is 5.94. The number of aryl methyl sites for hydroxylation is 1. The Hall–Kier alpha value is -3.88. The molecule has 0 spiro atoms. The van der Waals surface area contributed by atoms with E-state index in [0.717, 1.165) is 44.2 Å². The van der Waals surface area contributed by atoms with Gasteiger partial charge in [-0.25, -0.2) is 20.9 Å². The first-order chi connectivity index (χ1) is 19.9.